The van der Waals surface area contributed by atoms with Gasteiger partial charge in [-0.15, -0.1) is 0 Å². The monoisotopic (exact) mass is 322 g/mol. The van der Waals surface area contributed by atoms with Crippen LogP contribution in [0.15, 0.2) is 60.8 Å². The van der Waals surface area contributed by atoms with E-state index < -0.39 is 6.10 Å². The zero-order valence-electron chi connectivity index (χ0n) is 14.0. The van der Waals surface area contributed by atoms with Crippen molar-refractivity contribution in [3.8, 4) is 0 Å². The normalized spacial score (nSPS) is 12.3. The highest BCUT2D eigenvalue weighted by Crippen LogP contribution is 2.21. The molecule has 0 spiro atoms. The van der Waals surface area contributed by atoms with E-state index in [2.05, 4.69) is 0 Å². The smallest absolute Gasteiger partial charge is 0.254 e. The summed E-state index contributed by atoms with van der Waals surface area (Å²) in [6.07, 6.45) is 1.91. The van der Waals surface area contributed by atoms with Gasteiger partial charge >= 0.3 is 0 Å². The number of benzene rings is 2. The standard InChI is InChI=1S/C20H22N2O2/c1-21-13-11-16-17(9-6-10-18(16)21)20(24)22(2)14-12-19(23)15-7-4-3-5-8-15/h3-11,13,19,23H,12,14H2,1-2H3. The number of hydrogen-bond acceptors (Lipinski definition) is 2. The summed E-state index contributed by atoms with van der Waals surface area (Å²) in [7, 11) is 3.75. The van der Waals surface area contributed by atoms with Gasteiger partial charge in [-0.3, -0.25) is 4.79 Å². The number of carbonyl (C=O) groups excluding carboxylic acids is 1. The first-order valence-corrected chi connectivity index (χ1v) is 8.10. The van der Waals surface area contributed by atoms with Crippen LogP contribution >= 0.6 is 0 Å². The Hall–Kier alpha value is -2.59. The molecular weight excluding hydrogens is 300 g/mol. The lowest BCUT2D eigenvalue weighted by Gasteiger charge is -2.20. The first kappa shape index (κ1) is 16.3. The van der Waals surface area contributed by atoms with Crippen molar-refractivity contribution in [3.63, 3.8) is 0 Å². The molecule has 1 unspecified atom stereocenters. The van der Waals surface area contributed by atoms with E-state index in [-0.39, 0.29) is 5.91 Å². The molecule has 0 radical (unpaired) electrons. The average Bonchev–Trinajstić information content (AvgIpc) is 3.01. The number of fused-ring (bicyclic) bond motifs is 1. The molecule has 3 aromatic rings. The number of aliphatic hydroxyl groups is 1. The lowest BCUT2D eigenvalue weighted by molar-refractivity contribution is 0.0763. The van der Waals surface area contributed by atoms with Crippen LogP contribution in [0.1, 0.15) is 28.4 Å². The molecule has 0 saturated carbocycles. The van der Waals surface area contributed by atoms with Crippen LogP contribution in [0.25, 0.3) is 10.9 Å². The van der Waals surface area contributed by atoms with Gasteiger partial charge in [-0.05, 0) is 30.2 Å². The summed E-state index contributed by atoms with van der Waals surface area (Å²) in [5.74, 6) is -0.0212. The van der Waals surface area contributed by atoms with Crippen LogP contribution < -0.4 is 0 Å². The van der Waals surface area contributed by atoms with Gasteiger partial charge in [-0.25, -0.2) is 0 Å². The SMILES string of the molecule is CN(CCC(O)c1ccccc1)C(=O)c1cccc2c1ccn2C. The van der Waals surface area contributed by atoms with E-state index in [9.17, 15) is 9.90 Å². The Kier molecular flexibility index (Phi) is 4.67. The fourth-order valence-corrected chi connectivity index (χ4v) is 2.95. The maximum absolute atomic E-state index is 12.8. The molecule has 0 saturated heterocycles. The fraction of sp³-hybridized carbons (Fsp3) is 0.250. The Morgan fingerprint density at radius 3 is 2.62 bits per heavy atom. The topological polar surface area (TPSA) is 45.5 Å². The summed E-state index contributed by atoms with van der Waals surface area (Å²) in [6.45, 7) is 0.498. The minimum atomic E-state index is -0.561. The molecule has 4 heteroatoms. The maximum atomic E-state index is 12.8. The number of aromatic nitrogens is 1. The molecule has 0 aliphatic rings. The van der Waals surface area contributed by atoms with Crippen molar-refractivity contribution in [1.82, 2.24) is 9.47 Å². The van der Waals surface area contributed by atoms with Gasteiger partial charge < -0.3 is 14.6 Å². The number of amides is 1. The molecule has 124 valence electrons. The summed E-state index contributed by atoms with van der Waals surface area (Å²) in [5.41, 5.74) is 2.62. The number of rotatable bonds is 5. The molecule has 1 amide bonds. The lowest BCUT2D eigenvalue weighted by Crippen LogP contribution is -2.28. The van der Waals surface area contributed by atoms with Gasteiger partial charge in [-0.2, -0.15) is 0 Å². The minimum Gasteiger partial charge on any atom is -0.388 e. The van der Waals surface area contributed by atoms with Gasteiger partial charge in [0.2, 0.25) is 0 Å². The Morgan fingerprint density at radius 2 is 1.88 bits per heavy atom. The van der Waals surface area contributed by atoms with E-state index >= 15 is 0 Å². The van der Waals surface area contributed by atoms with Crippen molar-refractivity contribution in [2.45, 2.75) is 12.5 Å². The fourth-order valence-electron chi connectivity index (χ4n) is 2.95. The van der Waals surface area contributed by atoms with E-state index in [4.69, 9.17) is 0 Å². The molecule has 0 bridgehead atoms. The molecule has 3 rings (SSSR count). The van der Waals surface area contributed by atoms with E-state index in [1.807, 2.05) is 72.4 Å². The summed E-state index contributed by atoms with van der Waals surface area (Å²) in [6, 6.07) is 17.3. The van der Waals surface area contributed by atoms with Gasteiger partial charge in [0.1, 0.15) is 0 Å². The first-order chi connectivity index (χ1) is 11.6. The molecule has 1 aromatic heterocycles. The Balaban J connectivity index is 1.70. The zero-order chi connectivity index (χ0) is 17.1. The van der Waals surface area contributed by atoms with Crippen LogP contribution in [0.4, 0.5) is 0 Å². The van der Waals surface area contributed by atoms with Crippen LogP contribution in [0.5, 0.6) is 0 Å². The second kappa shape index (κ2) is 6.89. The molecule has 2 aromatic carbocycles. The maximum Gasteiger partial charge on any atom is 0.254 e. The van der Waals surface area contributed by atoms with Crippen molar-refractivity contribution in [3.05, 3.63) is 71.9 Å². The molecule has 1 heterocycles. The van der Waals surface area contributed by atoms with Crippen molar-refractivity contribution in [2.75, 3.05) is 13.6 Å². The predicted octanol–water partition coefficient (Wildman–Crippen LogP) is 3.37. The van der Waals surface area contributed by atoms with Crippen molar-refractivity contribution < 1.29 is 9.90 Å². The molecule has 24 heavy (non-hydrogen) atoms. The third kappa shape index (κ3) is 3.19. The van der Waals surface area contributed by atoms with Gasteiger partial charge in [0.25, 0.3) is 5.91 Å². The highest BCUT2D eigenvalue weighted by atomic mass is 16.3. The van der Waals surface area contributed by atoms with Crippen molar-refractivity contribution in [2.24, 2.45) is 7.05 Å². The van der Waals surface area contributed by atoms with E-state index in [1.54, 1.807) is 11.9 Å². The predicted molar refractivity (Wildman–Crippen MR) is 95.9 cm³/mol. The first-order valence-electron chi connectivity index (χ1n) is 8.10. The molecule has 0 fully saturated rings. The van der Waals surface area contributed by atoms with Crippen LogP contribution in [0.3, 0.4) is 0 Å². The van der Waals surface area contributed by atoms with Gasteiger partial charge in [0.05, 0.1) is 6.10 Å². The average molecular weight is 322 g/mol. The highest BCUT2D eigenvalue weighted by molar-refractivity contribution is 6.06. The summed E-state index contributed by atoms with van der Waals surface area (Å²) in [5, 5.41) is 11.2. The molecule has 0 aliphatic carbocycles. The second-order valence-corrected chi connectivity index (χ2v) is 6.11. The summed E-state index contributed by atoms with van der Waals surface area (Å²) < 4.78 is 2.01. The van der Waals surface area contributed by atoms with Crippen LogP contribution in [0, 0.1) is 0 Å². The third-order valence-corrected chi connectivity index (χ3v) is 4.43. The molecule has 1 N–H and O–H groups in total. The van der Waals surface area contributed by atoms with Gasteiger partial charge in [0, 0.05) is 43.3 Å². The third-order valence-electron chi connectivity index (χ3n) is 4.43. The largest absolute Gasteiger partial charge is 0.388 e. The Morgan fingerprint density at radius 1 is 1.12 bits per heavy atom. The summed E-state index contributed by atoms with van der Waals surface area (Å²) in [4.78, 5) is 14.4. The molecule has 1 atom stereocenters. The zero-order valence-corrected chi connectivity index (χ0v) is 14.0. The second-order valence-electron chi connectivity index (χ2n) is 6.11. The summed E-state index contributed by atoms with van der Waals surface area (Å²) >= 11 is 0. The number of hydrogen-bond donors (Lipinski definition) is 1. The quantitative estimate of drug-likeness (QED) is 0.783. The van der Waals surface area contributed by atoms with Crippen LogP contribution in [-0.4, -0.2) is 34.1 Å². The van der Waals surface area contributed by atoms with Crippen molar-refractivity contribution >= 4 is 16.8 Å². The van der Waals surface area contributed by atoms with Gasteiger partial charge in [-0.1, -0.05) is 36.4 Å². The minimum absolute atomic E-state index is 0.0212. The molecule has 4 nitrogen and oxygen atoms in total. The lowest BCUT2D eigenvalue weighted by atomic mass is 10.1. The number of nitrogens with zero attached hydrogens (tertiary/aromatic N) is 2. The van der Waals surface area contributed by atoms with Crippen molar-refractivity contribution in [1.29, 1.82) is 0 Å². The Labute approximate surface area is 141 Å². The van der Waals surface area contributed by atoms with E-state index in [1.165, 1.54) is 0 Å². The van der Waals surface area contributed by atoms with E-state index in [0.29, 0.717) is 18.5 Å². The molecular formula is C20H22N2O2. The number of aryl methyl sites for hydroxylation is 1. The van der Waals surface area contributed by atoms with E-state index in [0.717, 1.165) is 16.5 Å². The number of aliphatic hydroxyl groups excluding tert-OH is 1. The van der Waals surface area contributed by atoms with Gasteiger partial charge in [0.15, 0.2) is 0 Å². The highest BCUT2D eigenvalue weighted by Gasteiger charge is 2.17. The van der Waals surface area contributed by atoms with Crippen LogP contribution in [0.2, 0.25) is 0 Å². The van der Waals surface area contributed by atoms with Crippen LogP contribution in [-0.2, 0) is 7.05 Å². The Bertz CT molecular complexity index is 839. The molecule has 0 aliphatic heterocycles. The number of carbonyl (C=O) groups is 1.